The van der Waals surface area contributed by atoms with Gasteiger partial charge in [0.15, 0.2) is 0 Å². The predicted octanol–water partition coefficient (Wildman–Crippen LogP) is 1.57. The molecule has 0 saturated carbocycles. The third kappa shape index (κ3) is 2.41. The van der Waals surface area contributed by atoms with E-state index in [4.69, 9.17) is 5.11 Å². The number of nitrogens with zero attached hydrogens (tertiary/aromatic N) is 1. The van der Waals surface area contributed by atoms with Crippen molar-refractivity contribution in [2.24, 2.45) is 0 Å². The van der Waals surface area contributed by atoms with Gasteiger partial charge in [-0.3, -0.25) is 4.31 Å². The maximum absolute atomic E-state index is 11.8. The molecule has 84 valence electrons. The molecule has 1 aromatic rings. The first kappa shape index (κ1) is 11.8. The lowest BCUT2D eigenvalue weighted by atomic mass is 10.3. The monoisotopic (exact) mass is 229 g/mol. The number of anilines is 1. The van der Waals surface area contributed by atoms with Gasteiger partial charge in [-0.1, -0.05) is 0 Å². The number of hydrogen-bond acceptors (Lipinski definition) is 3. The van der Waals surface area contributed by atoms with Crippen LogP contribution in [-0.2, 0) is 10.0 Å². The molecule has 0 saturated heterocycles. The molecule has 5 heteroatoms. The molecule has 1 aromatic carbocycles. The van der Waals surface area contributed by atoms with E-state index in [9.17, 15) is 8.42 Å². The summed E-state index contributed by atoms with van der Waals surface area (Å²) in [6.45, 7) is 3.26. The Hall–Kier alpha value is -1.23. The molecular weight excluding hydrogens is 214 g/mol. The lowest BCUT2D eigenvalue weighted by molar-refractivity contribution is 0.475. The first-order valence-electron chi connectivity index (χ1n) is 4.62. The second-order valence-corrected chi connectivity index (χ2v) is 6.10. The molecule has 0 spiro atoms. The van der Waals surface area contributed by atoms with E-state index in [1.165, 1.54) is 23.5 Å². The highest BCUT2D eigenvalue weighted by Crippen LogP contribution is 2.21. The summed E-state index contributed by atoms with van der Waals surface area (Å²) in [6.07, 6.45) is 0. The fraction of sp³-hybridized carbons (Fsp3) is 0.400. The number of phenols is 1. The minimum absolute atomic E-state index is 0.120. The van der Waals surface area contributed by atoms with Gasteiger partial charge < -0.3 is 5.11 Å². The average molecular weight is 229 g/mol. The van der Waals surface area contributed by atoms with Crippen molar-refractivity contribution in [3.8, 4) is 5.75 Å². The molecule has 15 heavy (non-hydrogen) atoms. The van der Waals surface area contributed by atoms with Crippen LogP contribution in [-0.4, -0.2) is 25.8 Å². The molecule has 0 heterocycles. The molecule has 0 fully saturated rings. The maximum Gasteiger partial charge on any atom is 0.237 e. The van der Waals surface area contributed by atoms with Crippen LogP contribution in [0.3, 0.4) is 0 Å². The third-order valence-electron chi connectivity index (χ3n) is 2.19. The Balaban J connectivity index is 3.05. The molecule has 0 bridgehead atoms. The van der Waals surface area contributed by atoms with Crippen LogP contribution < -0.4 is 4.31 Å². The molecule has 0 aliphatic rings. The van der Waals surface area contributed by atoms with Gasteiger partial charge in [0.25, 0.3) is 0 Å². The van der Waals surface area contributed by atoms with Gasteiger partial charge in [-0.2, -0.15) is 0 Å². The van der Waals surface area contributed by atoms with Crippen molar-refractivity contribution in [1.29, 1.82) is 0 Å². The highest BCUT2D eigenvalue weighted by molar-refractivity contribution is 7.93. The number of benzene rings is 1. The van der Waals surface area contributed by atoms with Gasteiger partial charge in [-0.25, -0.2) is 8.42 Å². The molecular formula is C10H15NO3S. The number of aromatic hydroxyl groups is 1. The number of sulfonamides is 1. The van der Waals surface area contributed by atoms with Gasteiger partial charge >= 0.3 is 0 Å². The van der Waals surface area contributed by atoms with Crippen LogP contribution in [0.15, 0.2) is 24.3 Å². The van der Waals surface area contributed by atoms with Crippen LogP contribution in [0, 0.1) is 0 Å². The van der Waals surface area contributed by atoms with Crippen molar-refractivity contribution in [2.75, 3.05) is 11.4 Å². The summed E-state index contributed by atoms with van der Waals surface area (Å²) in [5, 5.41) is 8.62. The summed E-state index contributed by atoms with van der Waals surface area (Å²) >= 11 is 0. The Bertz CT molecular complexity index is 422. The normalized spacial score (nSPS) is 11.7. The van der Waals surface area contributed by atoms with Gasteiger partial charge in [-0.05, 0) is 38.1 Å². The highest BCUT2D eigenvalue weighted by atomic mass is 32.2. The highest BCUT2D eigenvalue weighted by Gasteiger charge is 2.22. The van der Waals surface area contributed by atoms with E-state index in [1.54, 1.807) is 26.0 Å². The van der Waals surface area contributed by atoms with E-state index in [0.717, 1.165) is 0 Å². The van der Waals surface area contributed by atoms with E-state index in [0.29, 0.717) is 5.69 Å². The van der Waals surface area contributed by atoms with Crippen molar-refractivity contribution in [1.82, 2.24) is 0 Å². The van der Waals surface area contributed by atoms with Crippen LogP contribution in [0.2, 0.25) is 0 Å². The molecule has 1 rings (SSSR count). The van der Waals surface area contributed by atoms with Crippen molar-refractivity contribution in [3.05, 3.63) is 24.3 Å². The number of rotatable bonds is 3. The van der Waals surface area contributed by atoms with Crippen LogP contribution in [0.1, 0.15) is 13.8 Å². The Morgan fingerprint density at radius 1 is 1.20 bits per heavy atom. The summed E-state index contributed by atoms with van der Waals surface area (Å²) in [4.78, 5) is 0. The Morgan fingerprint density at radius 2 is 1.67 bits per heavy atom. The summed E-state index contributed by atoms with van der Waals surface area (Å²) in [7, 11) is -1.79. The first-order valence-corrected chi connectivity index (χ1v) is 6.13. The molecule has 0 atom stereocenters. The smallest absolute Gasteiger partial charge is 0.237 e. The summed E-state index contributed by atoms with van der Waals surface area (Å²) in [5.74, 6) is 0.120. The standard InChI is InChI=1S/C10H15NO3S/c1-8(2)15(13,14)11(3)9-4-6-10(12)7-5-9/h4-8,12H,1-3H3. The Morgan fingerprint density at radius 3 is 2.07 bits per heavy atom. The van der Waals surface area contributed by atoms with Crippen molar-refractivity contribution in [3.63, 3.8) is 0 Å². The van der Waals surface area contributed by atoms with Crippen molar-refractivity contribution in [2.45, 2.75) is 19.1 Å². The Labute approximate surface area is 90.2 Å². The van der Waals surface area contributed by atoms with Gasteiger partial charge in [-0.15, -0.1) is 0 Å². The SMILES string of the molecule is CC(C)S(=O)(=O)N(C)c1ccc(O)cc1. The minimum Gasteiger partial charge on any atom is -0.508 e. The number of phenolic OH excluding ortho intramolecular Hbond substituents is 1. The average Bonchev–Trinajstić information content (AvgIpc) is 2.17. The predicted molar refractivity (Wildman–Crippen MR) is 60.6 cm³/mol. The zero-order valence-corrected chi connectivity index (χ0v) is 9.82. The van der Waals surface area contributed by atoms with Crippen LogP contribution in [0.4, 0.5) is 5.69 Å². The molecule has 0 aliphatic carbocycles. The quantitative estimate of drug-likeness (QED) is 0.855. The van der Waals surface area contributed by atoms with Crippen LogP contribution >= 0.6 is 0 Å². The van der Waals surface area contributed by atoms with Gasteiger partial charge in [0.2, 0.25) is 10.0 Å². The Kier molecular flexibility index (Phi) is 3.24. The fourth-order valence-corrected chi connectivity index (χ4v) is 2.17. The molecule has 0 unspecified atom stereocenters. The van der Waals surface area contributed by atoms with Gasteiger partial charge in [0, 0.05) is 7.05 Å². The van der Waals surface area contributed by atoms with E-state index in [-0.39, 0.29) is 5.75 Å². The molecule has 0 amide bonds. The third-order valence-corrected chi connectivity index (χ3v) is 4.36. The van der Waals surface area contributed by atoms with Crippen molar-refractivity contribution >= 4 is 15.7 Å². The van der Waals surface area contributed by atoms with Crippen molar-refractivity contribution < 1.29 is 13.5 Å². The molecule has 4 nitrogen and oxygen atoms in total. The maximum atomic E-state index is 11.8. The molecule has 0 radical (unpaired) electrons. The lowest BCUT2D eigenvalue weighted by Gasteiger charge is -2.21. The topological polar surface area (TPSA) is 57.6 Å². The van der Waals surface area contributed by atoms with E-state index < -0.39 is 15.3 Å². The lowest BCUT2D eigenvalue weighted by Crippen LogP contribution is -2.32. The molecule has 1 N–H and O–H groups in total. The summed E-state index contributed by atoms with van der Waals surface area (Å²) < 4.78 is 24.8. The van der Waals surface area contributed by atoms with E-state index in [2.05, 4.69) is 0 Å². The largest absolute Gasteiger partial charge is 0.508 e. The zero-order chi connectivity index (χ0) is 11.6. The fourth-order valence-electron chi connectivity index (χ4n) is 1.13. The second-order valence-electron chi connectivity index (χ2n) is 3.58. The summed E-state index contributed by atoms with van der Waals surface area (Å²) in [5.41, 5.74) is 0.543. The molecule has 0 aromatic heterocycles. The second kappa shape index (κ2) is 4.10. The zero-order valence-electron chi connectivity index (χ0n) is 9.01. The number of hydrogen-bond donors (Lipinski definition) is 1. The molecule has 0 aliphatic heterocycles. The van der Waals surface area contributed by atoms with Crippen LogP contribution in [0.25, 0.3) is 0 Å². The van der Waals surface area contributed by atoms with Gasteiger partial charge in [0.05, 0.1) is 10.9 Å². The first-order chi connectivity index (χ1) is 6.85. The van der Waals surface area contributed by atoms with E-state index in [1.807, 2.05) is 0 Å². The van der Waals surface area contributed by atoms with Gasteiger partial charge in [0.1, 0.15) is 5.75 Å². The summed E-state index contributed by atoms with van der Waals surface area (Å²) in [6, 6.07) is 6.05. The minimum atomic E-state index is -3.29. The van der Waals surface area contributed by atoms with E-state index >= 15 is 0 Å². The van der Waals surface area contributed by atoms with Crippen LogP contribution in [0.5, 0.6) is 5.75 Å².